The molecule has 1 saturated carbocycles. The monoisotopic (exact) mass is 206 g/mol. The third kappa shape index (κ3) is 1.62. The molecule has 2 heteroatoms. The van der Waals surface area contributed by atoms with Gasteiger partial charge >= 0.3 is 0 Å². The molecule has 2 rings (SSSR count). The molecule has 0 spiro atoms. The van der Waals surface area contributed by atoms with Crippen molar-refractivity contribution in [3.05, 3.63) is 47.2 Å². The summed E-state index contributed by atoms with van der Waals surface area (Å²) in [5.74, 6) is 0. The van der Waals surface area contributed by atoms with E-state index in [0.29, 0.717) is 5.02 Å². The highest BCUT2D eigenvalue weighted by atomic mass is 35.5. The summed E-state index contributed by atoms with van der Waals surface area (Å²) < 4.78 is 0. The van der Waals surface area contributed by atoms with Gasteiger partial charge in [-0.15, -0.1) is 5.73 Å². The average Bonchev–Trinajstić information content (AvgIpc) is 2.89. The maximum atomic E-state index is 9.94. The van der Waals surface area contributed by atoms with Crippen LogP contribution < -0.4 is 0 Å². The van der Waals surface area contributed by atoms with E-state index in [2.05, 4.69) is 12.3 Å². The number of rotatable bonds is 2. The quantitative estimate of drug-likeness (QED) is 0.738. The Hall–Kier alpha value is -1.01. The Morgan fingerprint density at radius 3 is 2.36 bits per heavy atom. The van der Waals surface area contributed by atoms with Crippen LogP contribution in [-0.4, -0.2) is 10.7 Å². The van der Waals surface area contributed by atoms with Crippen LogP contribution in [0.3, 0.4) is 0 Å². The lowest BCUT2D eigenvalue weighted by Crippen LogP contribution is -2.08. The summed E-state index contributed by atoms with van der Waals surface area (Å²) in [4.78, 5) is 0. The van der Waals surface area contributed by atoms with E-state index < -0.39 is 5.60 Å². The molecule has 1 aliphatic rings. The minimum absolute atomic E-state index is 0.685. The van der Waals surface area contributed by atoms with Crippen molar-refractivity contribution in [1.29, 1.82) is 0 Å². The van der Waals surface area contributed by atoms with Crippen LogP contribution in [0.5, 0.6) is 0 Å². The highest BCUT2D eigenvalue weighted by molar-refractivity contribution is 6.30. The lowest BCUT2D eigenvalue weighted by molar-refractivity contribution is 0.212. The number of hydrogen-bond donors (Lipinski definition) is 1. The van der Waals surface area contributed by atoms with E-state index in [9.17, 15) is 5.11 Å². The van der Waals surface area contributed by atoms with Gasteiger partial charge in [-0.05, 0) is 30.5 Å². The van der Waals surface area contributed by atoms with E-state index in [4.69, 9.17) is 11.6 Å². The smallest absolute Gasteiger partial charge is 0.0975 e. The summed E-state index contributed by atoms with van der Waals surface area (Å²) in [7, 11) is 0. The Morgan fingerprint density at radius 2 is 1.93 bits per heavy atom. The Morgan fingerprint density at radius 1 is 1.36 bits per heavy atom. The molecule has 1 aromatic rings. The lowest BCUT2D eigenvalue weighted by Gasteiger charge is -2.10. The first kappa shape index (κ1) is 9.54. The molecule has 0 unspecified atom stereocenters. The van der Waals surface area contributed by atoms with Gasteiger partial charge in [0.05, 0.1) is 5.60 Å². The Labute approximate surface area is 88.3 Å². The number of aliphatic hydroxyl groups is 1. The SMILES string of the molecule is C=C=C(c1ccc(Cl)cc1)C1(O)CC1. The second kappa shape index (κ2) is 3.29. The second-order valence-electron chi connectivity index (χ2n) is 3.59. The molecule has 0 aromatic heterocycles. The molecule has 1 nitrogen and oxygen atoms in total. The molecule has 0 aliphatic heterocycles. The van der Waals surface area contributed by atoms with Crippen LogP contribution in [0.15, 0.2) is 36.6 Å². The predicted octanol–water partition coefficient (Wildman–Crippen LogP) is 3.03. The van der Waals surface area contributed by atoms with Crippen molar-refractivity contribution in [2.45, 2.75) is 18.4 Å². The van der Waals surface area contributed by atoms with Crippen LogP contribution >= 0.6 is 11.6 Å². The van der Waals surface area contributed by atoms with Gasteiger partial charge in [0.25, 0.3) is 0 Å². The summed E-state index contributed by atoms with van der Waals surface area (Å²) in [6, 6.07) is 7.37. The van der Waals surface area contributed by atoms with Crippen molar-refractivity contribution in [2.75, 3.05) is 0 Å². The molecular formula is C12H11ClO. The summed E-state index contributed by atoms with van der Waals surface area (Å²) in [6.45, 7) is 3.61. The van der Waals surface area contributed by atoms with Crippen LogP contribution in [0.4, 0.5) is 0 Å². The molecule has 0 bridgehead atoms. The molecule has 1 aliphatic carbocycles. The fourth-order valence-corrected chi connectivity index (χ4v) is 1.65. The lowest BCUT2D eigenvalue weighted by atomic mass is 10.00. The van der Waals surface area contributed by atoms with Crippen LogP contribution in [-0.2, 0) is 0 Å². The Balaban J connectivity index is 2.38. The Kier molecular flexibility index (Phi) is 2.24. The first-order valence-corrected chi connectivity index (χ1v) is 4.92. The van der Waals surface area contributed by atoms with Gasteiger partial charge in [0, 0.05) is 10.6 Å². The normalized spacial score (nSPS) is 17.3. The van der Waals surface area contributed by atoms with Crippen molar-refractivity contribution in [2.24, 2.45) is 0 Å². The van der Waals surface area contributed by atoms with Crippen molar-refractivity contribution >= 4 is 17.2 Å². The number of benzene rings is 1. The van der Waals surface area contributed by atoms with E-state index in [1.54, 1.807) is 12.1 Å². The zero-order chi connectivity index (χ0) is 10.2. The second-order valence-corrected chi connectivity index (χ2v) is 4.03. The van der Waals surface area contributed by atoms with Gasteiger partial charge in [0.1, 0.15) is 0 Å². The van der Waals surface area contributed by atoms with Gasteiger partial charge in [-0.25, -0.2) is 0 Å². The van der Waals surface area contributed by atoms with Crippen LogP contribution in [0.2, 0.25) is 5.02 Å². The molecule has 0 saturated heterocycles. The standard InChI is InChI=1S/C12H11ClO/c1-2-11(12(14)7-8-12)9-3-5-10(13)6-4-9/h3-6,14H,1,7-8H2. The first-order chi connectivity index (χ1) is 6.65. The minimum Gasteiger partial charge on any atom is -0.384 e. The average molecular weight is 207 g/mol. The third-order valence-electron chi connectivity index (χ3n) is 2.50. The molecule has 0 heterocycles. The van der Waals surface area contributed by atoms with Crippen molar-refractivity contribution < 1.29 is 5.11 Å². The maximum Gasteiger partial charge on any atom is 0.0975 e. The topological polar surface area (TPSA) is 20.2 Å². The molecule has 0 atom stereocenters. The van der Waals surface area contributed by atoms with Gasteiger partial charge < -0.3 is 5.11 Å². The van der Waals surface area contributed by atoms with E-state index >= 15 is 0 Å². The highest BCUT2D eigenvalue weighted by Crippen LogP contribution is 2.46. The molecule has 0 amide bonds. The summed E-state index contributed by atoms with van der Waals surface area (Å²) >= 11 is 5.78. The van der Waals surface area contributed by atoms with Gasteiger partial charge in [-0.2, -0.15) is 0 Å². The van der Waals surface area contributed by atoms with Gasteiger partial charge in [-0.1, -0.05) is 30.3 Å². The maximum absolute atomic E-state index is 9.94. The molecular weight excluding hydrogens is 196 g/mol. The van der Waals surface area contributed by atoms with Gasteiger partial charge in [-0.3, -0.25) is 0 Å². The van der Waals surface area contributed by atoms with Crippen molar-refractivity contribution in [3.8, 4) is 0 Å². The Bertz CT molecular complexity index is 395. The van der Waals surface area contributed by atoms with E-state index in [1.165, 1.54) is 0 Å². The molecule has 1 aromatic carbocycles. The summed E-state index contributed by atoms with van der Waals surface area (Å²) in [5, 5.41) is 10.6. The van der Waals surface area contributed by atoms with Gasteiger partial charge in [0.2, 0.25) is 0 Å². The summed E-state index contributed by atoms with van der Waals surface area (Å²) in [6.07, 6.45) is 1.60. The summed E-state index contributed by atoms with van der Waals surface area (Å²) in [5.41, 5.74) is 3.86. The van der Waals surface area contributed by atoms with E-state index in [1.807, 2.05) is 12.1 Å². The van der Waals surface area contributed by atoms with Crippen LogP contribution in [0.25, 0.3) is 5.57 Å². The number of hydrogen-bond acceptors (Lipinski definition) is 1. The molecule has 1 N–H and O–H groups in total. The fourth-order valence-electron chi connectivity index (χ4n) is 1.52. The molecule has 1 fully saturated rings. The largest absolute Gasteiger partial charge is 0.384 e. The van der Waals surface area contributed by atoms with Crippen molar-refractivity contribution in [1.82, 2.24) is 0 Å². The van der Waals surface area contributed by atoms with Gasteiger partial charge in [0.15, 0.2) is 0 Å². The molecule has 0 radical (unpaired) electrons. The fraction of sp³-hybridized carbons (Fsp3) is 0.250. The van der Waals surface area contributed by atoms with Crippen molar-refractivity contribution in [3.63, 3.8) is 0 Å². The molecule has 72 valence electrons. The zero-order valence-electron chi connectivity index (χ0n) is 7.76. The van der Waals surface area contributed by atoms with Crippen LogP contribution in [0, 0.1) is 0 Å². The minimum atomic E-state index is -0.685. The third-order valence-corrected chi connectivity index (χ3v) is 2.75. The predicted molar refractivity (Wildman–Crippen MR) is 58.2 cm³/mol. The highest BCUT2D eigenvalue weighted by Gasteiger charge is 2.44. The molecule has 14 heavy (non-hydrogen) atoms. The number of halogens is 1. The zero-order valence-corrected chi connectivity index (χ0v) is 8.51. The van der Waals surface area contributed by atoms with E-state index in [0.717, 1.165) is 24.0 Å². The van der Waals surface area contributed by atoms with E-state index in [-0.39, 0.29) is 0 Å². The first-order valence-electron chi connectivity index (χ1n) is 4.54. The van der Waals surface area contributed by atoms with Crippen LogP contribution in [0.1, 0.15) is 18.4 Å².